The number of carbonyl (C=O) groups is 5. The van der Waals surface area contributed by atoms with Crippen LogP contribution in [0.25, 0.3) is 0 Å². The molecule has 4 amide bonds. The number of benzene rings is 2. The summed E-state index contributed by atoms with van der Waals surface area (Å²) in [7, 11) is 7.88. The Morgan fingerprint density at radius 1 is 0.906 bits per heavy atom. The Kier molecular flexibility index (Phi) is 6.74. The van der Waals surface area contributed by atoms with E-state index in [4.69, 9.17) is 4.74 Å². The van der Waals surface area contributed by atoms with Crippen molar-refractivity contribution in [1.29, 1.82) is 0 Å². The van der Waals surface area contributed by atoms with E-state index in [2.05, 4.69) is 5.32 Å². The van der Waals surface area contributed by atoms with Gasteiger partial charge in [-0.15, -0.1) is 0 Å². The third-order valence-corrected chi connectivity index (χ3v) is 21.0. The van der Waals surface area contributed by atoms with Crippen molar-refractivity contribution in [2.24, 2.45) is 0 Å². The molecule has 0 aromatic heterocycles. The topological polar surface area (TPSA) is 140 Å². The number of ether oxygens (including phenoxy) is 1. The maximum absolute atomic E-state index is 16.0. The number of nitrogens with one attached hydrogen (secondary N) is 1. The highest BCUT2D eigenvalue weighted by molar-refractivity contribution is 8.78. The fourth-order valence-electron chi connectivity index (χ4n) is 11.2. The van der Waals surface area contributed by atoms with E-state index in [1.54, 1.807) is 32.0 Å². The van der Waals surface area contributed by atoms with Crippen LogP contribution >= 0.6 is 43.2 Å². The van der Waals surface area contributed by atoms with E-state index in [-0.39, 0.29) is 18.7 Å². The quantitative estimate of drug-likeness (QED) is 0.339. The summed E-state index contributed by atoms with van der Waals surface area (Å²) in [5, 5.41) is 17.2. The number of piperazine rings is 2. The minimum Gasteiger partial charge on any atom is -0.457 e. The molecule has 1 aliphatic carbocycles. The van der Waals surface area contributed by atoms with Crippen molar-refractivity contribution in [3.05, 3.63) is 65.0 Å². The lowest BCUT2D eigenvalue weighted by molar-refractivity contribution is -0.172. The van der Waals surface area contributed by atoms with Gasteiger partial charge in [0.05, 0.1) is 16.9 Å². The summed E-state index contributed by atoms with van der Waals surface area (Å²) in [6.07, 6.45) is -3.46. The van der Waals surface area contributed by atoms with Crippen molar-refractivity contribution in [1.82, 2.24) is 19.6 Å². The molecule has 17 heteroatoms. The first-order valence-electron chi connectivity index (χ1n) is 17.7. The van der Waals surface area contributed by atoms with Crippen LogP contribution in [-0.4, -0.2) is 112 Å². The first-order valence-corrected chi connectivity index (χ1v) is 22.0. The number of halogens is 1. The summed E-state index contributed by atoms with van der Waals surface area (Å²) in [4.78, 5) is 73.9. The zero-order valence-electron chi connectivity index (χ0n) is 29.4. The van der Waals surface area contributed by atoms with E-state index < -0.39 is 84.2 Å². The van der Waals surface area contributed by atoms with Crippen LogP contribution in [0, 0.1) is 5.82 Å². The second-order valence-corrected chi connectivity index (χ2v) is 20.7. The first-order chi connectivity index (χ1) is 25.2. The highest BCUT2D eigenvalue weighted by atomic mass is 33.1. The van der Waals surface area contributed by atoms with Crippen molar-refractivity contribution in [2.75, 3.05) is 19.4 Å². The number of fused-ring (bicyclic) bond motifs is 11. The van der Waals surface area contributed by atoms with E-state index >= 15 is 18.8 Å². The number of amides is 4. The number of hydrogen-bond acceptors (Lipinski definition) is 12. The normalized spacial score (nSPS) is 42.4. The van der Waals surface area contributed by atoms with Crippen LogP contribution in [-0.2, 0) is 46.0 Å². The molecule has 0 saturated carbocycles. The number of carbonyl (C=O) groups excluding carboxylic acids is 5. The van der Waals surface area contributed by atoms with Crippen molar-refractivity contribution in [3.8, 4) is 0 Å². The molecule has 278 valence electrons. The molecule has 2 aromatic rings. The monoisotopic (exact) mass is 797 g/mol. The lowest BCUT2D eigenvalue weighted by Crippen LogP contribution is -2.77. The van der Waals surface area contributed by atoms with Crippen LogP contribution in [0.3, 0.4) is 0 Å². The molecule has 2 aromatic carbocycles. The second-order valence-electron chi connectivity index (χ2n) is 15.3. The van der Waals surface area contributed by atoms with E-state index in [0.717, 1.165) is 27.2 Å². The third-order valence-electron chi connectivity index (χ3n) is 13.5. The van der Waals surface area contributed by atoms with Gasteiger partial charge in [0.2, 0.25) is 9.74 Å². The zero-order chi connectivity index (χ0) is 37.4. The summed E-state index contributed by atoms with van der Waals surface area (Å²) < 4.78 is 22.7. The summed E-state index contributed by atoms with van der Waals surface area (Å²) in [5.41, 5.74) is -1.46. The second kappa shape index (κ2) is 10.4. The lowest BCUT2D eigenvalue weighted by atomic mass is 9.51. The number of aliphatic hydroxyl groups is 1. The van der Waals surface area contributed by atoms with E-state index in [0.29, 0.717) is 29.7 Å². The van der Waals surface area contributed by atoms with Gasteiger partial charge in [-0.05, 0) is 82.7 Å². The van der Waals surface area contributed by atoms with Crippen LogP contribution in [0.4, 0.5) is 10.1 Å². The van der Waals surface area contributed by atoms with Crippen LogP contribution in [0.5, 0.6) is 0 Å². The van der Waals surface area contributed by atoms with Gasteiger partial charge in [-0.3, -0.25) is 28.9 Å². The predicted octanol–water partition coefficient (Wildman–Crippen LogP) is 3.38. The Bertz CT molecular complexity index is 2130. The van der Waals surface area contributed by atoms with Gasteiger partial charge >= 0.3 is 5.97 Å². The van der Waals surface area contributed by atoms with Crippen LogP contribution in [0.2, 0.25) is 0 Å². The maximum Gasteiger partial charge on any atom is 0.306 e. The van der Waals surface area contributed by atoms with Crippen LogP contribution < -0.4 is 5.32 Å². The van der Waals surface area contributed by atoms with Crippen LogP contribution in [0.1, 0.15) is 56.7 Å². The molecule has 2 spiro atoms. The van der Waals surface area contributed by atoms with Crippen molar-refractivity contribution < 1.29 is 38.2 Å². The highest BCUT2D eigenvalue weighted by Crippen LogP contribution is 2.79. The molecule has 9 aliphatic heterocycles. The molecule has 0 unspecified atom stereocenters. The van der Waals surface area contributed by atoms with Crippen LogP contribution in [0.15, 0.2) is 42.5 Å². The van der Waals surface area contributed by atoms with Gasteiger partial charge in [-0.1, -0.05) is 59.7 Å². The minimum atomic E-state index is -1.87. The fourth-order valence-corrected chi connectivity index (χ4v) is 18.7. The number of nitrogens with zero attached hydrogens (tertiary/aromatic N) is 4. The average Bonchev–Trinajstić information content (AvgIpc) is 3.79. The number of rotatable bonds is 5. The number of hydrogen-bond donors (Lipinski definition) is 2. The predicted molar refractivity (Wildman–Crippen MR) is 198 cm³/mol. The van der Waals surface area contributed by atoms with Gasteiger partial charge in [0.1, 0.15) is 18.1 Å². The molecule has 8 saturated heterocycles. The Hall–Kier alpha value is -3.12. The van der Waals surface area contributed by atoms with Gasteiger partial charge in [-0.25, -0.2) is 4.39 Å². The van der Waals surface area contributed by atoms with E-state index in [1.807, 2.05) is 38.1 Å². The fraction of sp³-hybridized carbons (Fsp3) is 0.528. The molecular weight excluding hydrogens is 762 g/mol. The molecular formula is C36H36FN5O7S4. The number of esters is 1. The number of likely N-dealkylation sites (N-methyl/N-ethyl adjacent to an activating group) is 2. The third kappa shape index (κ3) is 3.25. The summed E-state index contributed by atoms with van der Waals surface area (Å²) in [5.74, 6) is -2.92. The Morgan fingerprint density at radius 3 is 2.36 bits per heavy atom. The van der Waals surface area contributed by atoms with E-state index in [1.165, 1.54) is 48.4 Å². The van der Waals surface area contributed by atoms with Crippen molar-refractivity contribution in [2.45, 2.75) is 101 Å². The van der Waals surface area contributed by atoms with Gasteiger partial charge < -0.3 is 29.9 Å². The number of anilines is 1. The summed E-state index contributed by atoms with van der Waals surface area (Å²) in [6, 6.07) is 10.7. The Labute approximate surface area is 320 Å². The molecule has 53 heavy (non-hydrogen) atoms. The lowest BCUT2D eigenvalue weighted by Gasteiger charge is -2.59. The minimum absolute atomic E-state index is 0.0107. The summed E-state index contributed by atoms with van der Waals surface area (Å²) >= 11 is 0. The number of aliphatic hydroxyl groups excluding tert-OH is 1. The average molecular weight is 798 g/mol. The molecule has 4 bridgehead atoms. The molecule has 12 nitrogen and oxygen atoms in total. The van der Waals surface area contributed by atoms with Gasteiger partial charge in [0, 0.05) is 26.2 Å². The smallest absolute Gasteiger partial charge is 0.306 e. The molecule has 8 fully saturated rings. The summed E-state index contributed by atoms with van der Waals surface area (Å²) in [6.45, 7) is 5.35. The van der Waals surface area contributed by atoms with Gasteiger partial charge in [0.15, 0.2) is 15.8 Å². The van der Waals surface area contributed by atoms with Crippen molar-refractivity contribution >= 4 is 78.5 Å². The SMILES string of the molecule is CCCC(=O)O[C@H]1[C@]2([C@@]34c5ccccc5C[C@@H]3N3C(=O)[C@]5(CC)SS[C@]3(C(=O)N5C)[C@H]4O)c3cc(F)ccc3N[C@@H]2N2C(=O)[C@]3(C)SS[C@]12C(=O)N3C. The molecule has 12 rings (SSSR count). The molecule has 10 atom stereocenters. The molecule has 2 N–H and O–H groups in total. The van der Waals surface area contributed by atoms with Crippen molar-refractivity contribution in [3.63, 3.8) is 0 Å². The molecule has 9 heterocycles. The first kappa shape index (κ1) is 34.4. The zero-order valence-corrected chi connectivity index (χ0v) is 32.6. The van der Waals surface area contributed by atoms with E-state index in [9.17, 15) is 14.7 Å². The Balaban J connectivity index is 1.37. The Morgan fingerprint density at radius 2 is 1.62 bits per heavy atom. The maximum atomic E-state index is 16.0. The largest absolute Gasteiger partial charge is 0.457 e. The van der Waals surface area contributed by atoms with Gasteiger partial charge in [-0.2, -0.15) is 0 Å². The van der Waals surface area contributed by atoms with Gasteiger partial charge in [0.25, 0.3) is 23.6 Å². The standard InChI is InChI=1S/C36H36FN5O7S4/c1-6-10-23(43)49-25-34(20-16-18(37)13-14-21(20)38-26(34)42-27(45)31(3)39(4)30(48)36(25,42)53-50-31)33-19-12-9-8-11-17(19)15-22(33)41-28(46)32(7-2)40(5)29(47)35(41,24(33)44)52-51-32/h8-9,11-14,16,22,24-26,38,44H,6-7,10,15H2,1-5H3/t22-,24-,25-,26+,31-,32-,33-,34+,35-,36-/m0/s1. The highest BCUT2D eigenvalue weighted by Gasteiger charge is 2.93. The molecule has 0 radical (unpaired) electrons. The molecule has 10 aliphatic rings.